The second-order valence-corrected chi connectivity index (χ2v) is 6.66. The zero-order chi connectivity index (χ0) is 14.7. The predicted molar refractivity (Wildman–Crippen MR) is 87.2 cm³/mol. The van der Waals surface area contributed by atoms with Crippen molar-refractivity contribution >= 4 is 49.1 Å². The molecule has 1 atom stereocenters. The van der Waals surface area contributed by atoms with E-state index in [1.54, 1.807) is 12.1 Å². The van der Waals surface area contributed by atoms with Crippen molar-refractivity contribution in [2.75, 3.05) is 0 Å². The number of nitro groups is 1. The number of non-ortho nitro benzene ring substituents is 1. The van der Waals surface area contributed by atoms with Gasteiger partial charge in [-0.3, -0.25) is 10.1 Å². The van der Waals surface area contributed by atoms with E-state index < -0.39 is 4.92 Å². The van der Waals surface area contributed by atoms with Gasteiger partial charge < -0.3 is 0 Å². The second kappa shape index (κ2) is 6.70. The van der Waals surface area contributed by atoms with E-state index in [4.69, 9.17) is 11.6 Å². The SMILES string of the molecule is O=[N+]([O-])c1ccc(CC(Cl)c2cc(Br)cc(Br)c2)cc1. The highest BCUT2D eigenvalue weighted by Crippen LogP contribution is 2.30. The van der Waals surface area contributed by atoms with Crippen LogP contribution in [0.4, 0.5) is 5.69 Å². The number of halogens is 3. The van der Waals surface area contributed by atoms with Crippen molar-refractivity contribution in [3.63, 3.8) is 0 Å². The maximum absolute atomic E-state index is 10.6. The van der Waals surface area contributed by atoms with Crippen molar-refractivity contribution in [2.45, 2.75) is 11.8 Å². The Kier molecular flexibility index (Phi) is 5.18. The van der Waals surface area contributed by atoms with Gasteiger partial charge in [0, 0.05) is 21.1 Å². The quantitative estimate of drug-likeness (QED) is 0.366. The Labute approximate surface area is 138 Å². The normalized spacial score (nSPS) is 12.2. The van der Waals surface area contributed by atoms with Gasteiger partial charge in [0.15, 0.2) is 0 Å². The number of benzene rings is 2. The van der Waals surface area contributed by atoms with Crippen LogP contribution in [0.3, 0.4) is 0 Å². The van der Waals surface area contributed by atoms with Gasteiger partial charge in [0.05, 0.1) is 10.3 Å². The molecule has 0 radical (unpaired) electrons. The Morgan fingerprint density at radius 3 is 2.15 bits per heavy atom. The number of hydrogen-bond donors (Lipinski definition) is 0. The molecule has 0 aliphatic carbocycles. The second-order valence-electron chi connectivity index (χ2n) is 4.30. The molecule has 0 saturated heterocycles. The van der Waals surface area contributed by atoms with Crippen LogP contribution < -0.4 is 0 Å². The number of nitrogens with zero attached hydrogens (tertiary/aromatic N) is 1. The Morgan fingerprint density at radius 1 is 1.10 bits per heavy atom. The minimum absolute atomic E-state index is 0.0880. The maximum atomic E-state index is 10.6. The third kappa shape index (κ3) is 4.04. The van der Waals surface area contributed by atoms with E-state index in [0.29, 0.717) is 6.42 Å². The summed E-state index contributed by atoms with van der Waals surface area (Å²) in [5.74, 6) is 0. The highest BCUT2D eigenvalue weighted by molar-refractivity contribution is 9.11. The van der Waals surface area contributed by atoms with Crippen LogP contribution in [0.2, 0.25) is 0 Å². The third-order valence-electron chi connectivity index (χ3n) is 2.81. The number of hydrogen-bond acceptors (Lipinski definition) is 2. The van der Waals surface area contributed by atoms with Gasteiger partial charge in [0.25, 0.3) is 5.69 Å². The number of alkyl halides is 1. The van der Waals surface area contributed by atoms with E-state index in [2.05, 4.69) is 31.9 Å². The first-order chi connectivity index (χ1) is 9.45. The minimum atomic E-state index is -0.409. The predicted octanol–water partition coefficient (Wildman–Crippen LogP) is 5.64. The van der Waals surface area contributed by atoms with E-state index in [0.717, 1.165) is 20.1 Å². The van der Waals surface area contributed by atoms with Gasteiger partial charge in [0.2, 0.25) is 0 Å². The van der Waals surface area contributed by atoms with Gasteiger partial charge in [-0.1, -0.05) is 44.0 Å². The summed E-state index contributed by atoms with van der Waals surface area (Å²) < 4.78 is 1.91. The highest BCUT2D eigenvalue weighted by atomic mass is 79.9. The summed E-state index contributed by atoms with van der Waals surface area (Å²) in [6, 6.07) is 12.3. The average molecular weight is 420 g/mol. The van der Waals surface area contributed by atoms with E-state index in [1.807, 2.05) is 18.2 Å². The molecule has 0 aliphatic rings. The largest absolute Gasteiger partial charge is 0.269 e. The van der Waals surface area contributed by atoms with Crippen molar-refractivity contribution in [3.05, 3.63) is 72.7 Å². The van der Waals surface area contributed by atoms with Gasteiger partial charge in [-0.25, -0.2) is 0 Å². The molecule has 0 bridgehead atoms. The maximum Gasteiger partial charge on any atom is 0.269 e. The number of rotatable bonds is 4. The fraction of sp³-hybridized carbons (Fsp3) is 0.143. The summed E-state index contributed by atoms with van der Waals surface area (Å²) in [6.07, 6.45) is 0.614. The standard InChI is InChI=1S/C14H10Br2ClNO2/c15-11-6-10(7-12(16)8-11)14(17)5-9-1-3-13(4-2-9)18(19)20/h1-4,6-8,14H,5H2. The fourth-order valence-corrected chi connectivity index (χ4v) is 3.47. The van der Waals surface area contributed by atoms with Gasteiger partial charge >= 0.3 is 0 Å². The van der Waals surface area contributed by atoms with Gasteiger partial charge in [-0.15, -0.1) is 11.6 Å². The molecule has 6 heteroatoms. The third-order valence-corrected chi connectivity index (χ3v) is 4.13. The zero-order valence-electron chi connectivity index (χ0n) is 10.2. The molecule has 0 fully saturated rings. The lowest BCUT2D eigenvalue weighted by Crippen LogP contribution is -1.97. The lowest BCUT2D eigenvalue weighted by molar-refractivity contribution is -0.384. The lowest BCUT2D eigenvalue weighted by atomic mass is 10.0. The monoisotopic (exact) mass is 417 g/mol. The molecule has 2 aromatic carbocycles. The Balaban J connectivity index is 2.14. The van der Waals surface area contributed by atoms with Gasteiger partial charge in [-0.2, -0.15) is 0 Å². The van der Waals surface area contributed by atoms with Crippen LogP contribution >= 0.6 is 43.5 Å². The van der Waals surface area contributed by atoms with E-state index in [9.17, 15) is 10.1 Å². The molecule has 2 rings (SSSR count). The molecule has 0 aliphatic heterocycles. The lowest BCUT2D eigenvalue weighted by Gasteiger charge is -2.11. The van der Waals surface area contributed by atoms with Crippen molar-refractivity contribution in [1.29, 1.82) is 0 Å². The topological polar surface area (TPSA) is 43.1 Å². The number of nitro benzene ring substituents is 1. The summed E-state index contributed by atoms with van der Waals surface area (Å²) in [6.45, 7) is 0. The molecule has 0 N–H and O–H groups in total. The molecular weight excluding hydrogens is 409 g/mol. The zero-order valence-corrected chi connectivity index (χ0v) is 14.2. The van der Waals surface area contributed by atoms with Crippen molar-refractivity contribution in [3.8, 4) is 0 Å². The van der Waals surface area contributed by atoms with E-state index in [1.165, 1.54) is 12.1 Å². The summed E-state index contributed by atoms with van der Waals surface area (Å²) in [4.78, 5) is 10.2. The highest BCUT2D eigenvalue weighted by Gasteiger charge is 2.12. The smallest absolute Gasteiger partial charge is 0.258 e. The molecule has 1 unspecified atom stereocenters. The van der Waals surface area contributed by atoms with Crippen LogP contribution in [0.15, 0.2) is 51.4 Å². The molecule has 20 heavy (non-hydrogen) atoms. The van der Waals surface area contributed by atoms with E-state index >= 15 is 0 Å². The molecule has 0 amide bonds. The summed E-state index contributed by atoms with van der Waals surface area (Å²) >= 11 is 13.3. The Hall–Kier alpha value is -0.910. The summed E-state index contributed by atoms with van der Waals surface area (Å²) in [5.41, 5.74) is 2.04. The molecular formula is C14H10Br2ClNO2. The van der Waals surface area contributed by atoms with Crippen LogP contribution in [-0.4, -0.2) is 4.92 Å². The first kappa shape index (κ1) is 15.5. The molecule has 0 heterocycles. The summed E-state index contributed by atoms with van der Waals surface area (Å²) in [7, 11) is 0. The minimum Gasteiger partial charge on any atom is -0.258 e. The molecule has 0 aromatic heterocycles. The first-order valence-corrected chi connectivity index (χ1v) is 7.81. The Morgan fingerprint density at radius 2 is 1.65 bits per heavy atom. The van der Waals surface area contributed by atoms with E-state index in [-0.39, 0.29) is 11.1 Å². The van der Waals surface area contributed by atoms with Crippen LogP contribution in [0.5, 0.6) is 0 Å². The van der Waals surface area contributed by atoms with Crippen molar-refractivity contribution < 1.29 is 4.92 Å². The van der Waals surface area contributed by atoms with Crippen molar-refractivity contribution in [2.24, 2.45) is 0 Å². The first-order valence-electron chi connectivity index (χ1n) is 5.79. The Bertz CT molecular complexity index is 611. The molecule has 0 saturated carbocycles. The average Bonchev–Trinajstić information content (AvgIpc) is 2.38. The van der Waals surface area contributed by atoms with Gasteiger partial charge in [-0.05, 0) is 35.7 Å². The van der Waals surface area contributed by atoms with Crippen molar-refractivity contribution in [1.82, 2.24) is 0 Å². The molecule has 2 aromatic rings. The fourth-order valence-electron chi connectivity index (χ4n) is 1.83. The summed E-state index contributed by atoms with van der Waals surface area (Å²) in [5, 5.41) is 10.4. The molecule has 0 spiro atoms. The van der Waals surface area contributed by atoms with Crippen LogP contribution in [-0.2, 0) is 6.42 Å². The van der Waals surface area contributed by atoms with Crippen LogP contribution in [0, 0.1) is 10.1 Å². The van der Waals surface area contributed by atoms with Gasteiger partial charge in [0.1, 0.15) is 0 Å². The molecule has 3 nitrogen and oxygen atoms in total. The van der Waals surface area contributed by atoms with Crippen LogP contribution in [0.25, 0.3) is 0 Å². The van der Waals surface area contributed by atoms with Crippen LogP contribution in [0.1, 0.15) is 16.5 Å². The molecule has 104 valence electrons.